The van der Waals surface area contributed by atoms with Gasteiger partial charge in [0.2, 0.25) is 0 Å². The molecular weight excluding hydrogens is 275 g/mol. The van der Waals surface area contributed by atoms with Gasteiger partial charge in [-0.2, -0.15) is 0 Å². The molecule has 0 aliphatic carbocycles. The van der Waals surface area contributed by atoms with Crippen LogP contribution in [0.5, 0.6) is 11.5 Å². The molecule has 0 saturated carbocycles. The molecule has 2 aromatic carbocycles. The van der Waals surface area contributed by atoms with Gasteiger partial charge in [0.1, 0.15) is 11.5 Å². The molecule has 14 heavy (non-hydrogen) atoms. The van der Waals surface area contributed by atoms with Crippen molar-refractivity contribution < 1.29 is 4.74 Å². The molecule has 0 N–H and O–H groups in total. The monoisotopic (exact) mass is 285 g/mol. The molecular formula is C12H10InO. The van der Waals surface area contributed by atoms with Crippen LogP contribution < -0.4 is 4.74 Å². The molecule has 2 heteroatoms. The predicted octanol–water partition coefficient (Wildman–Crippen LogP) is 3.10. The number of ether oxygens (including phenoxy) is 1. The Balaban J connectivity index is 0.000000980. The average molecular weight is 285 g/mol. The Hall–Kier alpha value is -0.890. The van der Waals surface area contributed by atoms with Gasteiger partial charge in [-0.1, -0.05) is 36.4 Å². The van der Waals surface area contributed by atoms with Crippen molar-refractivity contribution in [1.29, 1.82) is 0 Å². The molecule has 0 aliphatic heterocycles. The van der Waals surface area contributed by atoms with E-state index in [9.17, 15) is 0 Å². The Morgan fingerprint density at radius 1 is 0.571 bits per heavy atom. The summed E-state index contributed by atoms with van der Waals surface area (Å²) in [5, 5.41) is 0. The summed E-state index contributed by atoms with van der Waals surface area (Å²) < 4.78 is 5.58. The fourth-order valence-corrected chi connectivity index (χ4v) is 1.11. The van der Waals surface area contributed by atoms with Crippen LogP contribution in [0.1, 0.15) is 0 Å². The number of rotatable bonds is 2. The van der Waals surface area contributed by atoms with Gasteiger partial charge >= 0.3 is 0 Å². The molecule has 2 rings (SSSR count). The fraction of sp³-hybridized carbons (Fsp3) is 0. The number of para-hydroxylation sites is 2. The van der Waals surface area contributed by atoms with E-state index in [0.29, 0.717) is 0 Å². The van der Waals surface area contributed by atoms with Crippen molar-refractivity contribution in [2.75, 3.05) is 0 Å². The first-order valence-corrected chi connectivity index (χ1v) is 4.23. The molecule has 0 atom stereocenters. The second-order valence-corrected chi connectivity index (χ2v) is 2.73. The zero-order chi connectivity index (χ0) is 8.93. The quantitative estimate of drug-likeness (QED) is 0.824. The molecule has 1 nitrogen and oxygen atoms in total. The van der Waals surface area contributed by atoms with Gasteiger partial charge in [0.25, 0.3) is 0 Å². The van der Waals surface area contributed by atoms with Gasteiger partial charge < -0.3 is 4.74 Å². The Morgan fingerprint density at radius 2 is 0.929 bits per heavy atom. The normalized spacial score (nSPS) is 8.86. The van der Waals surface area contributed by atoms with Gasteiger partial charge in [0, 0.05) is 25.8 Å². The van der Waals surface area contributed by atoms with E-state index in [1.165, 1.54) is 0 Å². The minimum absolute atomic E-state index is 0. The summed E-state index contributed by atoms with van der Waals surface area (Å²) in [7, 11) is 0. The van der Waals surface area contributed by atoms with E-state index in [1.54, 1.807) is 0 Å². The maximum atomic E-state index is 5.58. The van der Waals surface area contributed by atoms with Crippen LogP contribution in [0.3, 0.4) is 0 Å². The molecule has 0 heterocycles. The standard InChI is InChI=1S/C12H10O.In/c1-3-7-11(8-4-1)13-12-9-5-2-6-10-12;/h1-10H;. The summed E-state index contributed by atoms with van der Waals surface area (Å²) in [6.07, 6.45) is 0. The molecule has 0 saturated heterocycles. The minimum atomic E-state index is 0. The van der Waals surface area contributed by atoms with Crippen LogP contribution in [0.4, 0.5) is 0 Å². The smallest absolute Gasteiger partial charge is 0.127 e. The van der Waals surface area contributed by atoms with Crippen LogP contribution in [0.25, 0.3) is 0 Å². The van der Waals surface area contributed by atoms with Crippen molar-refractivity contribution in [3.05, 3.63) is 60.7 Å². The van der Waals surface area contributed by atoms with Crippen LogP contribution in [0.2, 0.25) is 0 Å². The van der Waals surface area contributed by atoms with Gasteiger partial charge in [0.15, 0.2) is 0 Å². The first-order chi connectivity index (χ1) is 6.45. The van der Waals surface area contributed by atoms with Crippen LogP contribution in [0.15, 0.2) is 60.7 Å². The van der Waals surface area contributed by atoms with E-state index in [2.05, 4.69) is 0 Å². The summed E-state index contributed by atoms with van der Waals surface area (Å²) in [6.45, 7) is 0. The molecule has 2 aromatic rings. The first-order valence-electron chi connectivity index (χ1n) is 4.23. The molecule has 0 amide bonds. The predicted molar refractivity (Wildman–Crippen MR) is 58.7 cm³/mol. The number of benzene rings is 2. The summed E-state index contributed by atoms with van der Waals surface area (Å²) in [4.78, 5) is 0. The number of hydrogen-bond donors (Lipinski definition) is 0. The van der Waals surface area contributed by atoms with Gasteiger partial charge in [-0.05, 0) is 24.3 Å². The Bertz CT molecular complexity index is 321. The molecule has 0 aromatic heterocycles. The first kappa shape index (κ1) is 11.2. The van der Waals surface area contributed by atoms with Gasteiger partial charge in [-0.3, -0.25) is 0 Å². The van der Waals surface area contributed by atoms with Gasteiger partial charge in [-0.15, -0.1) is 0 Å². The van der Waals surface area contributed by atoms with Gasteiger partial charge in [0.05, 0.1) is 0 Å². The van der Waals surface area contributed by atoms with E-state index < -0.39 is 0 Å². The maximum Gasteiger partial charge on any atom is 0.127 e. The zero-order valence-corrected chi connectivity index (χ0v) is 11.1. The Kier molecular flexibility index (Phi) is 4.60. The second-order valence-electron chi connectivity index (χ2n) is 2.73. The molecule has 0 aliphatic rings. The van der Waals surface area contributed by atoms with E-state index in [1.807, 2.05) is 60.7 Å². The van der Waals surface area contributed by atoms with Crippen molar-refractivity contribution in [3.8, 4) is 11.5 Å². The zero-order valence-electron chi connectivity index (χ0n) is 7.76. The van der Waals surface area contributed by atoms with Crippen LogP contribution >= 0.6 is 0 Å². The van der Waals surface area contributed by atoms with Crippen LogP contribution in [0, 0.1) is 0 Å². The number of hydrogen-bond acceptors (Lipinski definition) is 1. The maximum absolute atomic E-state index is 5.58. The molecule has 0 spiro atoms. The van der Waals surface area contributed by atoms with Crippen molar-refractivity contribution in [3.63, 3.8) is 0 Å². The SMILES string of the molecule is [In].c1ccc(Oc2ccccc2)cc1. The van der Waals surface area contributed by atoms with Crippen molar-refractivity contribution in [2.24, 2.45) is 0 Å². The average Bonchev–Trinajstić information content (AvgIpc) is 2.21. The van der Waals surface area contributed by atoms with Crippen LogP contribution in [-0.4, -0.2) is 25.8 Å². The molecule has 67 valence electrons. The Labute approximate surface area is 103 Å². The van der Waals surface area contributed by atoms with Crippen molar-refractivity contribution in [1.82, 2.24) is 0 Å². The third kappa shape index (κ3) is 3.11. The third-order valence-electron chi connectivity index (χ3n) is 1.72. The largest absolute Gasteiger partial charge is 0.457 e. The van der Waals surface area contributed by atoms with Crippen molar-refractivity contribution >= 4 is 25.8 Å². The third-order valence-corrected chi connectivity index (χ3v) is 1.72. The topological polar surface area (TPSA) is 9.23 Å². The van der Waals surface area contributed by atoms with Crippen LogP contribution in [-0.2, 0) is 0 Å². The fourth-order valence-electron chi connectivity index (χ4n) is 1.11. The summed E-state index contributed by atoms with van der Waals surface area (Å²) in [5.41, 5.74) is 0. The molecule has 3 radical (unpaired) electrons. The van der Waals surface area contributed by atoms with E-state index >= 15 is 0 Å². The van der Waals surface area contributed by atoms with E-state index in [-0.39, 0.29) is 25.8 Å². The minimum Gasteiger partial charge on any atom is -0.457 e. The molecule has 0 fully saturated rings. The summed E-state index contributed by atoms with van der Waals surface area (Å²) >= 11 is 0. The van der Waals surface area contributed by atoms with E-state index in [0.717, 1.165) is 11.5 Å². The molecule has 0 unspecified atom stereocenters. The summed E-state index contributed by atoms with van der Waals surface area (Å²) in [5.74, 6) is 1.74. The second kappa shape index (κ2) is 5.76. The molecule has 0 bridgehead atoms. The van der Waals surface area contributed by atoms with Gasteiger partial charge in [-0.25, -0.2) is 0 Å². The Morgan fingerprint density at radius 3 is 1.29 bits per heavy atom. The summed E-state index contributed by atoms with van der Waals surface area (Å²) in [6, 6.07) is 19.5. The van der Waals surface area contributed by atoms with Crippen molar-refractivity contribution in [2.45, 2.75) is 0 Å². The van der Waals surface area contributed by atoms with E-state index in [4.69, 9.17) is 4.74 Å².